The number of hydrogen-bond donors (Lipinski definition) is 1. The first-order chi connectivity index (χ1) is 11.2. The monoisotopic (exact) mass is 324 g/mol. The summed E-state index contributed by atoms with van der Waals surface area (Å²) in [7, 11) is 0. The van der Waals surface area contributed by atoms with Crippen LogP contribution in [0, 0.1) is 0 Å². The molecule has 3 aromatic rings. The molecule has 1 atom stereocenters. The number of benzene rings is 2. The van der Waals surface area contributed by atoms with E-state index in [1.165, 1.54) is 0 Å². The smallest absolute Gasteiger partial charge is 0.235 e. The van der Waals surface area contributed by atoms with Crippen molar-refractivity contribution in [3.8, 4) is 5.75 Å². The first-order valence-corrected chi connectivity index (χ1v) is 7.66. The van der Waals surface area contributed by atoms with Crippen LogP contribution < -0.4 is 10.1 Å². The molecule has 1 N–H and O–H groups in total. The summed E-state index contributed by atoms with van der Waals surface area (Å²) in [5.74, 6) is 0.220. The number of fused-ring (bicyclic) bond motifs is 2. The van der Waals surface area contributed by atoms with Gasteiger partial charge in [0.2, 0.25) is 5.91 Å². The van der Waals surface area contributed by atoms with Gasteiger partial charge in [-0.2, -0.15) is 0 Å². The van der Waals surface area contributed by atoms with E-state index in [-0.39, 0.29) is 11.8 Å². The van der Waals surface area contributed by atoms with E-state index in [1.807, 2.05) is 24.3 Å². The van der Waals surface area contributed by atoms with E-state index < -0.39 is 0 Å². The van der Waals surface area contributed by atoms with Gasteiger partial charge in [-0.3, -0.25) is 9.78 Å². The van der Waals surface area contributed by atoms with Crippen LogP contribution in [0.1, 0.15) is 11.5 Å². The van der Waals surface area contributed by atoms with E-state index in [2.05, 4.69) is 10.3 Å². The Balaban J connectivity index is 1.65. The van der Waals surface area contributed by atoms with Crippen molar-refractivity contribution in [3.05, 3.63) is 65.4 Å². The Labute approximate surface area is 138 Å². The summed E-state index contributed by atoms with van der Waals surface area (Å²) in [6.45, 7) is 0.319. The van der Waals surface area contributed by atoms with Crippen molar-refractivity contribution >= 4 is 34.0 Å². The van der Waals surface area contributed by atoms with Crippen LogP contribution in [-0.2, 0) is 4.79 Å². The van der Waals surface area contributed by atoms with Crippen molar-refractivity contribution in [1.29, 1.82) is 0 Å². The minimum absolute atomic E-state index is 0.121. The van der Waals surface area contributed by atoms with Gasteiger partial charge in [-0.05, 0) is 18.2 Å². The zero-order chi connectivity index (χ0) is 15.8. The molecule has 4 nitrogen and oxygen atoms in total. The predicted octanol–water partition coefficient (Wildman–Crippen LogP) is 4.00. The first kappa shape index (κ1) is 14.0. The van der Waals surface area contributed by atoms with Gasteiger partial charge in [-0.15, -0.1) is 0 Å². The highest BCUT2D eigenvalue weighted by atomic mass is 35.5. The van der Waals surface area contributed by atoms with Gasteiger partial charge in [-0.1, -0.05) is 35.9 Å². The number of carbonyl (C=O) groups excluding carboxylic acids is 1. The third-order valence-electron chi connectivity index (χ3n) is 4.00. The molecule has 4 rings (SSSR count). The molecule has 1 aliphatic heterocycles. The Morgan fingerprint density at radius 2 is 2.09 bits per heavy atom. The quantitative estimate of drug-likeness (QED) is 0.775. The second kappa shape index (κ2) is 5.56. The van der Waals surface area contributed by atoms with Crippen LogP contribution >= 0.6 is 11.6 Å². The van der Waals surface area contributed by atoms with E-state index >= 15 is 0 Å². The number of ether oxygens (including phenoxy) is 1. The minimum atomic E-state index is -0.373. The Kier molecular flexibility index (Phi) is 3.39. The summed E-state index contributed by atoms with van der Waals surface area (Å²) >= 11 is 6.03. The first-order valence-electron chi connectivity index (χ1n) is 7.28. The minimum Gasteiger partial charge on any atom is -0.492 e. The van der Waals surface area contributed by atoms with Crippen LogP contribution in [-0.4, -0.2) is 17.5 Å². The molecule has 0 fully saturated rings. The average molecular weight is 325 g/mol. The van der Waals surface area contributed by atoms with Crippen molar-refractivity contribution in [2.45, 2.75) is 5.92 Å². The van der Waals surface area contributed by atoms with Crippen molar-refractivity contribution in [1.82, 2.24) is 4.98 Å². The molecule has 0 saturated heterocycles. The standard InChI is InChI=1S/C18H13ClN2O2/c19-12-5-6-17-14(7-12)15(10-23-17)18(22)21-16-9-20-8-11-3-1-2-4-13(11)16/h1-9,15H,10H2,(H,21,22)/t15-/m0/s1. The number of nitrogens with one attached hydrogen (secondary N) is 1. The van der Waals surface area contributed by atoms with E-state index in [1.54, 1.807) is 30.6 Å². The van der Waals surface area contributed by atoms with Crippen LogP contribution in [0.4, 0.5) is 5.69 Å². The molecule has 0 spiro atoms. The van der Waals surface area contributed by atoms with Crippen molar-refractivity contribution in [2.24, 2.45) is 0 Å². The lowest BCUT2D eigenvalue weighted by Crippen LogP contribution is -2.22. The van der Waals surface area contributed by atoms with Crippen LogP contribution in [0.3, 0.4) is 0 Å². The maximum absolute atomic E-state index is 12.7. The van der Waals surface area contributed by atoms with Gasteiger partial charge in [0.1, 0.15) is 18.3 Å². The lowest BCUT2D eigenvalue weighted by atomic mass is 10.0. The lowest BCUT2D eigenvalue weighted by molar-refractivity contribution is -0.117. The number of amides is 1. The van der Waals surface area contributed by atoms with Crippen LogP contribution in [0.5, 0.6) is 5.75 Å². The number of nitrogens with zero attached hydrogens (tertiary/aromatic N) is 1. The highest BCUT2D eigenvalue weighted by molar-refractivity contribution is 6.30. The molecule has 1 aromatic heterocycles. The van der Waals surface area contributed by atoms with Crippen molar-refractivity contribution in [3.63, 3.8) is 0 Å². The summed E-state index contributed by atoms with van der Waals surface area (Å²) < 4.78 is 5.58. The van der Waals surface area contributed by atoms with Gasteiger partial charge < -0.3 is 10.1 Å². The maximum atomic E-state index is 12.7. The van der Waals surface area contributed by atoms with Gasteiger partial charge in [0.15, 0.2) is 0 Å². The van der Waals surface area contributed by atoms with Crippen molar-refractivity contribution < 1.29 is 9.53 Å². The summed E-state index contributed by atoms with van der Waals surface area (Å²) in [6, 6.07) is 13.1. The Hall–Kier alpha value is -2.59. The second-order valence-electron chi connectivity index (χ2n) is 5.44. The Morgan fingerprint density at radius 1 is 1.22 bits per heavy atom. The fourth-order valence-electron chi connectivity index (χ4n) is 2.84. The summed E-state index contributed by atoms with van der Waals surface area (Å²) in [4.78, 5) is 16.9. The fraction of sp³-hybridized carbons (Fsp3) is 0.111. The molecule has 23 heavy (non-hydrogen) atoms. The van der Waals surface area contributed by atoms with E-state index in [0.717, 1.165) is 16.3 Å². The normalized spacial score (nSPS) is 16.0. The molecule has 0 aliphatic carbocycles. The summed E-state index contributed by atoms with van der Waals surface area (Å²) in [5.41, 5.74) is 1.52. The number of anilines is 1. The zero-order valence-corrected chi connectivity index (χ0v) is 12.9. The van der Waals surface area contributed by atoms with Gasteiger partial charge in [0.05, 0.1) is 11.9 Å². The molecule has 2 aromatic carbocycles. The molecule has 5 heteroatoms. The largest absolute Gasteiger partial charge is 0.492 e. The fourth-order valence-corrected chi connectivity index (χ4v) is 3.02. The predicted molar refractivity (Wildman–Crippen MR) is 90.1 cm³/mol. The van der Waals surface area contributed by atoms with E-state index in [0.29, 0.717) is 23.1 Å². The second-order valence-corrected chi connectivity index (χ2v) is 5.88. The summed E-state index contributed by atoms with van der Waals surface area (Å²) in [5, 5.41) is 5.50. The van der Waals surface area contributed by atoms with Gasteiger partial charge >= 0.3 is 0 Å². The van der Waals surface area contributed by atoms with Gasteiger partial charge in [-0.25, -0.2) is 0 Å². The van der Waals surface area contributed by atoms with Gasteiger partial charge in [0, 0.05) is 27.6 Å². The molecule has 1 amide bonds. The lowest BCUT2D eigenvalue weighted by Gasteiger charge is -2.12. The number of carbonyl (C=O) groups is 1. The molecule has 2 heterocycles. The Bertz CT molecular complexity index is 905. The van der Waals surface area contributed by atoms with Crippen LogP contribution in [0.2, 0.25) is 5.02 Å². The number of pyridine rings is 1. The number of rotatable bonds is 2. The summed E-state index contributed by atoms with van der Waals surface area (Å²) in [6.07, 6.45) is 3.44. The maximum Gasteiger partial charge on any atom is 0.235 e. The molecule has 0 saturated carbocycles. The van der Waals surface area contributed by atoms with Crippen LogP contribution in [0.15, 0.2) is 54.9 Å². The van der Waals surface area contributed by atoms with Crippen LogP contribution in [0.25, 0.3) is 10.8 Å². The molecular formula is C18H13ClN2O2. The SMILES string of the molecule is O=C(Nc1cncc2ccccc12)[C@H]1COc2ccc(Cl)cc21. The van der Waals surface area contributed by atoms with Gasteiger partial charge in [0.25, 0.3) is 0 Å². The molecule has 0 unspecified atom stereocenters. The molecule has 114 valence electrons. The highest BCUT2D eigenvalue weighted by Gasteiger charge is 2.30. The topological polar surface area (TPSA) is 51.2 Å². The number of hydrogen-bond acceptors (Lipinski definition) is 3. The molecular weight excluding hydrogens is 312 g/mol. The van der Waals surface area contributed by atoms with E-state index in [4.69, 9.17) is 16.3 Å². The third-order valence-corrected chi connectivity index (χ3v) is 4.23. The number of aromatic nitrogens is 1. The number of halogens is 1. The molecule has 1 aliphatic rings. The third kappa shape index (κ3) is 2.51. The molecule has 0 bridgehead atoms. The highest BCUT2D eigenvalue weighted by Crippen LogP contribution is 2.36. The average Bonchev–Trinajstić information content (AvgIpc) is 2.98. The molecule has 0 radical (unpaired) electrons. The Morgan fingerprint density at radius 3 is 3.00 bits per heavy atom. The van der Waals surface area contributed by atoms with Crippen molar-refractivity contribution in [2.75, 3.05) is 11.9 Å². The van der Waals surface area contributed by atoms with E-state index in [9.17, 15) is 4.79 Å². The zero-order valence-electron chi connectivity index (χ0n) is 12.1.